The fourth-order valence-electron chi connectivity index (χ4n) is 0.508. The van der Waals surface area contributed by atoms with Crippen LogP contribution in [0.15, 0.2) is 24.4 Å². The molecule has 1 aliphatic rings. The summed E-state index contributed by atoms with van der Waals surface area (Å²) in [6.45, 7) is 0.752. The highest BCUT2D eigenvalue weighted by molar-refractivity contribution is 5.99. The molecule has 0 saturated carbocycles. The Labute approximate surface area is 53.4 Å². The summed E-state index contributed by atoms with van der Waals surface area (Å²) in [4.78, 5) is 10.5. The molecular weight excluding hydrogens is 118 g/mol. The number of rotatable bonds is 0. The minimum Gasteiger partial charge on any atom is -0.412 e. The van der Waals surface area contributed by atoms with E-state index in [1.165, 1.54) is 6.08 Å². The van der Waals surface area contributed by atoms with Crippen molar-refractivity contribution in [3.05, 3.63) is 24.4 Å². The van der Waals surface area contributed by atoms with E-state index in [9.17, 15) is 4.79 Å². The van der Waals surface area contributed by atoms with Crippen LogP contribution in [0.3, 0.4) is 0 Å². The van der Waals surface area contributed by atoms with Crippen molar-refractivity contribution < 1.29 is 10.3 Å². The van der Waals surface area contributed by atoms with Gasteiger partial charge in [0.15, 0.2) is 5.78 Å². The molecule has 1 rings (SSSR count). The van der Waals surface area contributed by atoms with Crippen LogP contribution in [0.4, 0.5) is 0 Å². The van der Waals surface area contributed by atoms with E-state index in [0.29, 0.717) is 0 Å². The quantitative estimate of drug-likeness (QED) is 0.472. The fraction of sp³-hybridized carbons (Fsp3) is 0.167. The fourth-order valence-corrected chi connectivity index (χ4v) is 0.508. The molecule has 0 fully saturated rings. The number of allylic oxidation sites excluding steroid dienone is 2. The maximum atomic E-state index is 10.5. The predicted molar refractivity (Wildman–Crippen MR) is 34.9 cm³/mol. The van der Waals surface area contributed by atoms with Gasteiger partial charge in [-0.05, 0) is 6.08 Å². The Bertz CT molecular complexity index is 133. The van der Waals surface area contributed by atoms with Gasteiger partial charge in [0.25, 0.3) is 0 Å². The third kappa shape index (κ3) is 2.66. The van der Waals surface area contributed by atoms with Crippen LogP contribution >= 0.6 is 0 Å². The summed E-state index contributed by atoms with van der Waals surface area (Å²) in [6.07, 6.45) is 6.50. The number of carbonyl (C=O) groups is 1. The molecule has 0 aromatic heterocycles. The molecule has 1 heterocycles. The van der Waals surface area contributed by atoms with Crippen LogP contribution in [-0.2, 0) is 4.79 Å². The van der Waals surface area contributed by atoms with Crippen LogP contribution in [0, 0.1) is 0 Å². The summed E-state index contributed by atoms with van der Waals surface area (Å²) < 4.78 is 0. The average Bonchev–Trinajstić information content (AvgIpc) is 1.94. The Kier molecular flexibility index (Phi) is 3.39. The van der Waals surface area contributed by atoms with Gasteiger partial charge in [-0.15, -0.1) is 0 Å². The molecule has 3 nitrogen and oxygen atoms in total. The SMILES string of the molecule is O.O=C1C=CCNC=C1. The molecule has 9 heavy (non-hydrogen) atoms. The standard InChI is InChI=1S/C6H7NO.H2O/c8-6-2-1-4-7-5-3-6;/h1-3,5,7H,4H2;1H2. The highest BCUT2D eigenvalue weighted by Crippen LogP contribution is 1.82. The van der Waals surface area contributed by atoms with E-state index in [-0.39, 0.29) is 11.3 Å². The molecule has 0 saturated heterocycles. The first-order valence-corrected chi connectivity index (χ1v) is 2.50. The monoisotopic (exact) mass is 127 g/mol. The molecule has 0 aromatic rings. The summed E-state index contributed by atoms with van der Waals surface area (Å²) in [5.74, 6) is 0.0509. The molecule has 0 bridgehead atoms. The first-order chi connectivity index (χ1) is 3.89. The first-order valence-electron chi connectivity index (χ1n) is 2.50. The number of nitrogens with one attached hydrogen (secondary N) is 1. The van der Waals surface area contributed by atoms with Crippen molar-refractivity contribution in [3.63, 3.8) is 0 Å². The average molecular weight is 127 g/mol. The Hall–Kier alpha value is -1.09. The topological polar surface area (TPSA) is 60.6 Å². The van der Waals surface area contributed by atoms with Crippen LogP contribution in [0.25, 0.3) is 0 Å². The lowest BCUT2D eigenvalue weighted by atomic mass is 10.3. The van der Waals surface area contributed by atoms with Crippen molar-refractivity contribution in [2.24, 2.45) is 0 Å². The molecule has 0 atom stereocenters. The minimum atomic E-state index is 0. The Morgan fingerprint density at radius 3 is 3.00 bits per heavy atom. The van der Waals surface area contributed by atoms with E-state index in [0.717, 1.165) is 6.54 Å². The summed E-state index contributed by atoms with van der Waals surface area (Å²) in [5, 5.41) is 2.89. The van der Waals surface area contributed by atoms with Crippen molar-refractivity contribution in [3.8, 4) is 0 Å². The Balaban J connectivity index is 0.000000640. The van der Waals surface area contributed by atoms with E-state index in [4.69, 9.17) is 0 Å². The van der Waals surface area contributed by atoms with Gasteiger partial charge in [0, 0.05) is 18.8 Å². The molecule has 0 radical (unpaired) electrons. The maximum absolute atomic E-state index is 10.5. The molecule has 3 N–H and O–H groups in total. The second kappa shape index (κ2) is 3.86. The lowest BCUT2D eigenvalue weighted by Crippen LogP contribution is -2.01. The molecule has 0 aliphatic carbocycles. The summed E-state index contributed by atoms with van der Waals surface area (Å²) in [7, 11) is 0. The number of hydrogen-bond donors (Lipinski definition) is 1. The van der Waals surface area contributed by atoms with Gasteiger partial charge in [0.2, 0.25) is 0 Å². The Morgan fingerprint density at radius 1 is 1.44 bits per heavy atom. The molecule has 0 amide bonds. The van der Waals surface area contributed by atoms with Gasteiger partial charge >= 0.3 is 0 Å². The smallest absolute Gasteiger partial charge is 0.179 e. The summed E-state index contributed by atoms with van der Waals surface area (Å²) >= 11 is 0. The second-order valence-electron chi connectivity index (χ2n) is 1.55. The van der Waals surface area contributed by atoms with Crippen molar-refractivity contribution in [2.45, 2.75) is 0 Å². The largest absolute Gasteiger partial charge is 0.412 e. The molecular formula is C6H9NO2. The van der Waals surface area contributed by atoms with Crippen LogP contribution in [0.5, 0.6) is 0 Å². The molecule has 0 aromatic carbocycles. The van der Waals surface area contributed by atoms with Gasteiger partial charge in [0.1, 0.15) is 0 Å². The number of carbonyl (C=O) groups excluding carboxylic acids is 1. The van der Waals surface area contributed by atoms with Crippen molar-refractivity contribution in [1.29, 1.82) is 0 Å². The third-order valence-corrected chi connectivity index (χ3v) is 0.883. The number of ketones is 1. The van der Waals surface area contributed by atoms with Gasteiger partial charge in [0.05, 0.1) is 0 Å². The summed E-state index contributed by atoms with van der Waals surface area (Å²) in [6, 6.07) is 0. The molecule has 50 valence electrons. The maximum Gasteiger partial charge on any atom is 0.179 e. The van der Waals surface area contributed by atoms with Crippen molar-refractivity contribution in [1.82, 2.24) is 5.32 Å². The summed E-state index contributed by atoms with van der Waals surface area (Å²) in [5.41, 5.74) is 0. The van der Waals surface area contributed by atoms with Crippen LogP contribution in [0.1, 0.15) is 0 Å². The van der Waals surface area contributed by atoms with Crippen molar-refractivity contribution in [2.75, 3.05) is 6.54 Å². The van der Waals surface area contributed by atoms with E-state index in [2.05, 4.69) is 5.32 Å². The van der Waals surface area contributed by atoms with E-state index < -0.39 is 0 Å². The zero-order chi connectivity index (χ0) is 5.82. The van der Waals surface area contributed by atoms with Crippen LogP contribution in [-0.4, -0.2) is 17.8 Å². The van der Waals surface area contributed by atoms with Gasteiger partial charge in [-0.3, -0.25) is 4.79 Å². The van der Waals surface area contributed by atoms with Gasteiger partial charge in [-0.1, -0.05) is 6.08 Å². The molecule has 0 unspecified atom stereocenters. The van der Waals surface area contributed by atoms with E-state index in [1.54, 1.807) is 18.4 Å². The van der Waals surface area contributed by atoms with Crippen LogP contribution in [0.2, 0.25) is 0 Å². The third-order valence-electron chi connectivity index (χ3n) is 0.883. The van der Waals surface area contributed by atoms with Gasteiger partial charge in [-0.2, -0.15) is 0 Å². The van der Waals surface area contributed by atoms with Gasteiger partial charge < -0.3 is 10.8 Å². The first kappa shape index (κ1) is 7.91. The van der Waals surface area contributed by atoms with E-state index >= 15 is 0 Å². The Morgan fingerprint density at radius 2 is 2.22 bits per heavy atom. The predicted octanol–water partition coefficient (Wildman–Crippen LogP) is -0.596. The lowest BCUT2D eigenvalue weighted by molar-refractivity contribution is -0.110. The van der Waals surface area contributed by atoms with Crippen molar-refractivity contribution >= 4 is 5.78 Å². The minimum absolute atomic E-state index is 0. The lowest BCUT2D eigenvalue weighted by Gasteiger charge is -1.85. The zero-order valence-electron chi connectivity index (χ0n) is 4.92. The van der Waals surface area contributed by atoms with Gasteiger partial charge in [-0.25, -0.2) is 0 Å². The molecule has 3 heteroatoms. The number of hydrogen-bond acceptors (Lipinski definition) is 2. The molecule has 0 spiro atoms. The second-order valence-corrected chi connectivity index (χ2v) is 1.55. The highest BCUT2D eigenvalue weighted by atomic mass is 16.1. The normalized spacial score (nSPS) is 15.8. The van der Waals surface area contributed by atoms with Crippen LogP contribution < -0.4 is 5.32 Å². The highest BCUT2D eigenvalue weighted by Gasteiger charge is 1.88. The molecule has 1 aliphatic heterocycles. The van der Waals surface area contributed by atoms with E-state index in [1.807, 2.05) is 0 Å². The zero-order valence-corrected chi connectivity index (χ0v) is 4.92.